The highest BCUT2D eigenvalue weighted by atomic mass is 31.2. The molecule has 0 rings (SSSR count). The van der Waals surface area contributed by atoms with Crippen LogP contribution in [0.3, 0.4) is 0 Å². The van der Waals surface area contributed by atoms with Crippen LogP contribution in [0.5, 0.6) is 0 Å². The van der Waals surface area contributed by atoms with Gasteiger partial charge in [0.15, 0.2) is 0 Å². The molecule has 1 nitrogen and oxygen atoms in total. The standard InChI is InChI=1S/C4H12OP2/c1-6-5-7(2,3)4/h6H,2H2,1,3-4H3. The third-order valence-electron chi connectivity index (χ3n) is 0.338. The first-order chi connectivity index (χ1) is 3.06. The van der Waals surface area contributed by atoms with E-state index in [1.54, 1.807) is 0 Å². The molecule has 0 aliphatic carbocycles. The number of rotatable bonds is 2. The molecule has 1 unspecified atom stereocenters. The van der Waals surface area contributed by atoms with Gasteiger partial charge in [0, 0.05) is 15.9 Å². The fourth-order valence-corrected chi connectivity index (χ4v) is 2.22. The fraction of sp³-hybridized carbons (Fsp3) is 0.750. The molecule has 3 heteroatoms. The Kier molecular flexibility index (Phi) is 3.15. The van der Waals surface area contributed by atoms with E-state index in [4.69, 9.17) is 4.31 Å². The van der Waals surface area contributed by atoms with Crippen LogP contribution < -0.4 is 0 Å². The van der Waals surface area contributed by atoms with Crippen molar-refractivity contribution in [3.8, 4) is 0 Å². The molecule has 0 aliphatic heterocycles. The maximum Gasteiger partial charge on any atom is 0.0162 e. The van der Waals surface area contributed by atoms with Crippen molar-refractivity contribution in [2.45, 2.75) is 0 Å². The van der Waals surface area contributed by atoms with Crippen molar-refractivity contribution in [1.29, 1.82) is 0 Å². The van der Waals surface area contributed by atoms with E-state index < -0.39 is 7.11 Å². The summed E-state index contributed by atoms with van der Waals surface area (Å²) in [6.07, 6.45) is 3.86. The van der Waals surface area contributed by atoms with Gasteiger partial charge in [-0.25, -0.2) is 0 Å². The molecule has 0 bridgehead atoms. The maximum atomic E-state index is 5.26. The van der Waals surface area contributed by atoms with Crippen molar-refractivity contribution in [3.63, 3.8) is 0 Å². The molecule has 0 radical (unpaired) electrons. The first-order valence-electron chi connectivity index (χ1n) is 2.10. The summed E-state index contributed by atoms with van der Waals surface area (Å²) in [5, 5.41) is 0. The topological polar surface area (TPSA) is 9.23 Å². The Bertz CT molecular complexity index is 83.7. The van der Waals surface area contributed by atoms with Gasteiger partial charge in [0.25, 0.3) is 0 Å². The van der Waals surface area contributed by atoms with E-state index in [1.807, 2.05) is 6.66 Å². The van der Waals surface area contributed by atoms with E-state index in [2.05, 4.69) is 19.6 Å². The van der Waals surface area contributed by atoms with Crippen molar-refractivity contribution in [2.24, 2.45) is 0 Å². The van der Waals surface area contributed by atoms with Crippen LogP contribution in [0.2, 0.25) is 0 Å². The summed E-state index contributed by atoms with van der Waals surface area (Å²) < 4.78 is 5.26. The van der Waals surface area contributed by atoms with E-state index >= 15 is 0 Å². The second kappa shape index (κ2) is 2.87. The van der Waals surface area contributed by atoms with E-state index in [1.165, 1.54) is 0 Å². The van der Waals surface area contributed by atoms with E-state index in [0.717, 1.165) is 0 Å². The lowest BCUT2D eigenvalue weighted by atomic mass is 11.9. The Balaban J connectivity index is 3.36. The Labute approximate surface area is 47.4 Å². The van der Waals surface area contributed by atoms with Crippen molar-refractivity contribution in [3.05, 3.63) is 0 Å². The molecule has 0 aromatic carbocycles. The fourth-order valence-electron chi connectivity index (χ4n) is 0.247. The van der Waals surface area contributed by atoms with Crippen LogP contribution in [0.25, 0.3) is 0 Å². The van der Waals surface area contributed by atoms with Crippen LogP contribution in [0.4, 0.5) is 0 Å². The molecule has 0 aliphatic rings. The summed E-state index contributed by atoms with van der Waals surface area (Å²) in [6, 6.07) is 0. The SMILES string of the molecule is C=P(C)(C)OPC. The molecule has 0 aromatic rings. The molecule has 0 saturated carbocycles. The molecule has 0 saturated heterocycles. The van der Waals surface area contributed by atoms with Gasteiger partial charge in [-0.2, -0.15) is 0 Å². The van der Waals surface area contributed by atoms with Crippen molar-refractivity contribution in [2.75, 3.05) is 20.0 Å². The second-order valence-electron chi connectivity index (χ2n) is 1.87. The van der Waals surface area contributed by atoms with Crippen molar-refractivity contribution < 1.29 is 4.31 Å². The monoisotopic (exact) mass is 138 g/mol. The summed E-state index contributed by atoms with van der Waals surface area (Å²) in [5.74, 6) is 0. The van der Waals surface area contributed by atoms with Gasteiger partial charge in [-0.3, -0.25) is 0 Å². The van der Waals surface area contributed by atoms with Gasteiger partial charge >= 0.3 is 0 Å². The Morgan fingerprint density at radius 2 is 2.00 bits per heavy atom. The van der Waals surface area contributed by atoms with Crippen LogP contribution in [0.15, 0.2) is 0 Å². The summed E-state index contributed by atoms with van der Waals surface area (Å²) in [4.78, 5) is 0. The highest BCUT2D eigenvalue weighted by molar-refractivity contribution is 7.71. The predicted octanol–water partition coefficient (Wildman–Crippen LogP) is 1.85. The van der Waals surface area contributed by atoms with Gasteiger partial charge in [0.05, 0.1) is 0 Å². The minimum Gasteiger partial charge on any atom is -0.344 e. The number of hydrogen-bond acceptors (Lipinski definition) is 1. The zero-order valence-electron chi connectivity index (χ0n) is 5.06. The second-order valence-corrected chi connectivity index (χ2v) is 6.16. The smallest absolute Gasteiger partial charge is 0.0162 e. The van der Waals surface area contributed by atoms with Gasteiger partial charge in [-0.05, 0) is 20.0 Å². The highest BCUT2D eigenvalue weighted by Gasteiger charge is 1.93. The van der Waals surface area contributed by atoms with E-state index in [-0.39, 0.29) is 0 Å². The molecule has 0 heterocycles. The van der Waals surface area contributed by atoms with Crippen LogP contribution >= 0.6 is 15.9 Å². The Morgan fingerprint density at radius 3 is 2.00 bits per heavy atom. The average molecular weight is 138 g/mol. The van der Waals surface area contributed by atoms with Gasteiger partial charge < -0.3 is 4.31 Å². The molecule has 0 amide bonds. The predicted molar refractivity (Wildman–Crippen MR) is 41.2 cm³/mol. The maximum absolute atomic E-state index is 5.26. The van der Waals surface area contributed by atoms with Gasteiger partial charge in [0.1, 0.15) is 0 Å². The van der Waals surface area contributed by atoms with Crippen LogP contribution in [0.1, 0.15) is 0 Å². The lowest BCUT2D eigenvalue weighted by Gasteiger charge is -2.09. The molecule has 44 valence electrons. The first kappa shape index (κ1) is 7.69. The third-order valence-corrected chi connectivity index (χ3v) is 3.05. The molecule has 7 heavy (non-hydrogen) atoms. The van der Waals surface area contributed by atoms with Crippen molar-refractivity contribution in [1.82, 2.24) is 0 Å². The quantitative estimate of drug-likeness (QED) is 0.529. The van der Waals surface area contributed by atoms with E-state index in [0.29, 0.717) is 8.81 Å². The lowest BCUT2D eigenvalue weighted by molar-refractivity contribution is 0.715. The largest absolute Gasteiger partial charge is 0.344 e. The Hall–Kier alpha value is 0.690. The third kappa shape index (κ3) is 6.69. The zero-order valence-corrected chi connectivity index (χ0v) is 6.96. The molecule has 0 fully saturated rings. The normalized spacial score (nSPS) is 13.6. The zero-order chi connectivity index (χ0) is 5.91. The van der Waals surface area contributed by atoms with Crippen LogP contribution in [-0.4, -0.2) is 26.3 Å². The van der Waals surface area contributed by atoms with Crippen molar-refractivity contribution >= 4 is 22.2 Å². The minimum atomic E-state index is -1.15. The summed E-state index contributed by atoms with van der Waals surface area (Å²) in [7, 11) is -0.557. The molecule has 0 aromatic heterocycles. The van der Waals surface area contributed by atoms with Crippen LogP contribution in [-0.2, 0) is 4.31 Å². The molecular weight excluding hydrogens is 126 g/mol. The van der Waals surface area contributed by atoms with Crippen LogP contribution in [0, 0.1) is 0 Å². The van der Waals surface area contributed by atoms with Gasteiger partial charge in [-0.15, -0.1) is 0 Å². The van der Waals surface area contributed by atoms with E-state index in [9.17, 15) is 0 Å². The highest BCUT2D eigenvalue weighted by Crippen LogP contribution is 2.42. The molecule has 0 N–H and O–H groups in total. The first-order valence-corrected chi connectivity index (χ1v) is 6.29. The Morgan fingerprint density at radius 1 is 1.57 bits per heavy atom. The lowest BCUT2D eigenvalue weighted by Crippen LogP contribution is -1.71. The molecule has 0 spiro atoms. The van der Waals surface area contributed by atoms with Gasteiger partial charge in [-0.1, -0.05) is 6.30 Å². The summed E-state index contributed by atoms with van der Waals surface area (Å²) in [6.45, 7) is 6.14. The number of hydrogen-bond donors (Lipinski definition) is 0. The summed E-state index contributed by atoms with van der Waals surface area (Å²) in [5.41, 5.74) is 0. The molecule has 1 atom stereocenters. The summed E-state index contributed by atoms with van der Waals surface area (Å²) >= 11 is 0. The minimum absolute atomic E-state index is 0.596. The average Bonchev–Trinajstić information content (AvgIpc) is 1.30. The molecular formula is C4H12OP2. The van der Waals surface area contributed by atoms with Gasteiger partial charge in [0.2, 0.25) is 0 Å².